The zero-order chi connectivity index (χ0) is 17.1. The van der Waals surface area contributed by atoms with Crippen molar-refractivity contribution >= 4 is 32.7 Å². The number of hydrogen-bond acceptors (Lipinski definition) is 6. The second-order valence-corrected chi connectivity index (χ2v) is 7.06. The molecule has 4 rings (SSSR count). The molecule has 1 aromatic carbocycles. The lowest BCUT2D eigenvalue weighted by Crippen LogP contribution is -2.36. The number of piperidine rings is 1. The van der Waals surface area contributed by atoms with Crippen molar-refractivity contribution in [3.8, 4) is 5.88 Å². The summed E-state index contributed by atoms with van der Waals surface area (Å²) in [6.07, 6.45) is 8.74. The van der Waals surface area contributed by atoms with Gasteiger partial charge >= 0.3 is 0 Å². The van der Waals surface area contributed by atoms with E-state index in [9.17, 15) is 0 Å². The van der Waals surface area contributed by atoms with E-state index in [1.54, 1.807) is 24.9 Å². The Morgan fingerprint density at radius 3 is 2.80 bits per heavy atom. The molecule has 6 nitrogen and oxygen atoms in total. The summed E-state index contributed by atoms with van der Waals surface area (Å²) < 4.78 is 6.79. The van der Waals surface area contributed by atoms with Crippen LogP contribution in [0.3, 0.4) is 0 Å². The highest BCUT2D eigenvalue weighted by molar-refractivity contribution is 9.10. The molecule has 0 spiro atoms. The molecule has 2 aromatic heterocycles. The van der Waals surface area contributed by atoms with Gasteiger partial charge in [0.05, 0.1) is 18.3 Å². The number of fused-ring (bicyclic) bond motifs is 1. The summed E-state index contributed by atoms with van der Waals surface area (Å²) >= 11 is 3.54. The van der Waals surface area contributed by atoms with Gasteiger partial charge in [-0.15, -0.1) is 0 Å². The first-order chi connectivity index (χ1) is 12.3. The first-order valence-corrected chi connectivity index (χ1v) is 9.13. The first kappa shape index (κ1) is 16.2. The largest absolute Gasteiger partial charge is 0.476 e. The molecular formula is C18H18BrN5O. The van der Waals surface area contributed by atoms with Crippen molar-refractivity contribution in [1.29, 1.82) is 0 Å². The number of rotatable bonds is 4. The van der Waals surface area contributed by atoms with Gasteiger partial charge in [0, 0.05) is 35.3 Å². The van der Waals surface area contributed by atoms with Gasteiger partial charge in [0.25, 0.3) is 0 Å². The van der Waals surface area contributed by atoms with Crippen LogP contribution >= 0.6 is 15.9 Å². The summed E-state index contributed by atoms with van der Waals surface area (Å²) in [6.45, 7) is 2.61. The van der Waals surface area contributed by atoms with Crippen LogP contribution in [0.15, 0.2) is 47.6 Å². The SMILES string of the molecule is Brc1ccc2ncnc(N3CCC(COc4cnccn4)CC3)c2c1. The van der Waals surface area contributed by atoms with E-state index >= 15 is 0 Å². The number of ether oxygens (including phenoxy) is 1. The Labute approximate surface area is 154 Å². The predicted octanol–water partition coefficient (Wildman–Crippen LogP) is 3.48. The van der Waals surface area contributed by atoms with Gasteiger partial charge in [-0.25, -0.2) is 15.0 Å². The zero-order valence-corrected chi connectivity index (χ0v) is 15.3. The predicted molar refractivity (Wildman–Crippen MR) is 99.7 cm³/mol. The van der Waals surface area contributed by atoms with Gasteiger partial charge in [0.15, 0.2) is 0 Å². The number of anilines is 1. The lowest BCUT2D eigenvalue weighted by molar-refractivity contribution is 0.215. The standard InChI is InChI=1S/C18H18BrN5O/c19-14-1-2-16-15(9-14)18(23-12-22-16)24-7-3-13(4-8-24)11-25-17-10-20-5-6-21-17/h1-2,5-6,9-10,12-13H,3-4,7-8,11H2. The van der Waals surface area contributed by atoms with Gasteiger partial charge < -0.3 is 9.64 Å². The maximum Gasteiger partial charge on any atom is 0.232 e. The maximum atomic E-state index is 5.75. The maximum absolute atomic E-state index is 5.75. The van der Waals surface area contributed by atoms with E-state index in [1.807, 2.05) is 12.1 Å². The first-order valence-electron chi connectivity index (χ1n) is 8.33. The van der Waals surface area contributed by atoms with Crippen LogP contribution in [0.5, 0.6) is 5.88 Å². The van der Waals surface area contributed by atoms with E-state index < -0.39 is 0 Å². The summed E-state index contributed by atoms with van der Waals surface area (Å²) in [7, 11) is 0. The van der Waals surface area contributed by atoms with E-state index in [-0.39, 0.29) is 0 Å². The van der Waals surface area contributed by atoms with Crippen molar-refractivity contribution in [3.63, 3.8) is 0 Å². The normalized spacial score (nSPS) is 15.5. The molecule has 0 aliphatic carbocycles. The number of aromatic nitrogens is 4. The molecule has 128 valence electrons. The molecule has 1 aliphatic heterocycles. The van der Waals surface area contributed by atoms with Gasteiger partial charge in [0.1, 0.15) is 12.1 Å². The number of nitrogens with zero attached hydrogens (tertiary/aromatic N) is 5. The Hall–Kier alpha value is -2.28. The molecule has 1 saturated heterocycles. The van der Waals surface area contributed by atoms with Crippen LogP contribution in [0.4, 0.5) is 5.82 Å². The fourth-order valence-corrected chi connectivity index (χ4v) is 3.50. The van der Waals surface area contributed by atoms with Crippen molar-refractivity contribution in [2.75, 3.05) is 24.6 Å². The van der Waals surface area contributed by atoms with Gasteiger partial charge in [0.2, 0.25) is 5.88 Å². The van der Waals surface area contributed by atoms with E-state index in [0.29, 0.717) is 18.4 Å². The molecule has 7 heteroatoms. The number of benzene rings is 1. The number of halogens is 1. The average Bonchev–Trinajstić information content (AvgIpc) is 2.67. The van der Waals surface area contributed by atoms with E-state index in [2.05, 4.69) is 46.8 Å². The fourth-order valence-electron chi connectivity index (χ4n) is 3.14. The molecule has 0 bridgehead atoms. The lowest BCUT2D eigenvalue weighted by Gasteiger charge is -2.33. The van der Waals surface area contributed by atoms with E-state index in [4.69, 9.17) is 4.74 Å². The third-order valence-electron chi connectivity index (χ3n) is 4.50. The average molecular weight is 400 g/mol. The highest BCUT2D eigenvalue weighted by atomic mass is 79.9. The van der Waals surface area contributed by atoms with Crippen LogP contribution in [-0.4, -0.2) is 39.6 Å². The molecule has 25 heavy (non-hydrogen) atoms. The van der Waals surface area contributed by atoms with Crippen molar-refractivity contribution < 1.29 is 4.74 Å². The third-order valence-corrected chi connectivity index (χ3v) is 4.99. The van der Waals surface area contributed by atoms with Gasteiger partial charge in [-0.05, 0) is 37.0 Å². The quantitative estimate of drug-likeness (QED) is 0.668. The topological polar surface area (TPSA) is 64.0 Å². The monoisotopic (exact) mass is 399 g/mol. The Kier molecular flexibility index (Phi) is 4.74. The Bertz CT molecular complexity index is 852. The van der Waals surface area contributed by atoms with Crippen molar-refractivity contribution in [2.45, 2.75) is 12.8 Å². The molecule has 0 N–H and O–H groups in total. The molecule has 0 amide bonds. The van der Waals surface area contributed by atoms with Crippen LogP contribution in [0.2, 0.25) is 0 Å². The molecule has 3 aromatic rings. The van der Waals surface area contributed by atoms with Gasteiger partial charge in [-0.1, -0.05) is 15.9 Å². The van der Waals surface area contributed by atoms with Crippen LogP contribution < -0.4 is 9.64 Å². The molecule has 0 atom stereocenters. The highest BCUT2D eigenvalue weighted by Crippen LogP contribution is 2.29. The van der Waals surface area contributed by atoms with Crippen molar-refractivity contribution in [2.24, 2.45) is 5.92 Å². The van der Waals surface area contributed by atoms with Crippen LogP contribution in [0.25, 0.3) is 10.9 Å². The van der Waals surface area contributed by atoms with Gasteiger partial charge in [-0.2, -0.15) is 0 Å². The molecule has 0 saturated carbocycles. The summed E-state index contributed by atoms with van der Waals surface area (Å²) in [4.78, 5) is 19.4. The minimum Gasteiger partial charge on any atom is -0.476 e. The third kappa shape index (κ3) is 3.71. The molecule has 1 aliphatic rings. The summed E-state index contributed by atoms with van der Waals surface area (Å²) in [5.74, 6) is 2.13. The summed E-state index contributed by atoms with van der Waals surface area (Å²) in [6, 6.07) is 6.12. The zero-order valence-electron chi connectivity index (χ0n) is 13.7. The van der Waals surface area contributed by atoms with Crippen LogP contribution in [0.1, 0.15) is 12.8 Å². The van der Waals surface area contributed by atoms with E-state index in [0.717, 1.165) is 47.1 Å². The van der Waals surface area contributed by atoms with Crippen LogP contribution in [-0.2, 0) is 0 Å². The Morgan fingerprint density at radius 1 is 1.12 bits per heavy atom. The summed E-state index contributed by atoms with van der Waals surface area (Å²) in [5, 5.41) is 1.09. The summed E-state index contributed by atoms with van der Waals surface area (Å²) in [5.41, 5.74) is 0.973. The lowest BCUT2D eigenvalue weighted by atomic mass is 9.97. The fraction of sp³-hybridized carbons (Fsp3) is 0.333. The van der Waals surface area contributed by atoms with Crippen molar-refractivity contribution in [3.05, 3.63) is 47.6 Å². The second kappa shape index (κ2) is 7.31. The Morgan fingerprint density at radius 2 is 2.00 bits per heavy atom. The molecule has 1 fully saturated rings. The van der Waals surface area contributed by atoms with Gasteiger partial charge in [-0.3, -0.25) is 4.98 Å². The number of hydrogen-bond donors (Lipinski definition) is 0. The van der Waals surface area contributed by atoms with Crippen molar-refractivity contribution in [1.82, 2.24) is 19.9 Å². The minimum absolute atomic E-state index is 0.526. The van der Waals surface area contributed by atoms with E-state index in [1.165, 1.54) is 0 Å². The Balaban J connectivity index is 1.41. The highest BCUT2D eigenvalue weighted by Gasteiger charge is 2.22. The smallest absolute Gasteiger partial charge is 0.232 e. The molecule has 0 radical (unpaired) electrons. The minimum atomic E-state index is 0.526. The molecular weight excluding hydrogens is 382 g/mol. The second-order valence-electron chi connectivity index (χ2n) is 6.14. The van der Waals surface area contributed by atoms with Crippen LogP contribution in [0, 0.1) is 5.92 Å². The molecule has 0 unspecified atom stereocenters. The molecule has 3 heterocycles.